The minimum absolute atomic E-state index is 0.108. The second-order valence-electron chi connectivity index (χ2n) is 4.98. The summed E-state index contributed by atoms with van der Waals surface area (Å²) in [5.74, 6) is 0.863. The van der Waals surface area contributed by atoms with Crippen molar-refractivity contribution in [2.75, 3.05) is 30.9 Å². The minimum Gasteiger partial charge on any atom is -0.497 e. The molecular formula is C13H18N2O2. The molecule has 1 amide bonds. The molecule has 4 nitrogen and oxygen atoms in total. The van der Waals surface area contributed by atoms with Gasteiger partial charge in [-0.05, 0) is 26.0 Å². The number of nitrogens with one attached hydrogen (secondary N) is 1. The van der Waals surface area contributed by atoms with Crippen LogP contribution in [0.25, 0.3) is 0 Å². The fourth-order valence-electron chi connectivity index (χ4n) is 2.02. The van der Waals surface area contributed by atoms with Crippen molar-refractivity contribution in [3.05, 3.63) is 18.2 Å². The van der Waals surface area contributed by atoms with Crippen molar-refractivity contribution < 1.29 is 9.53 Å². The lowest BCUT2D eigenvalue weighted by atomic mass is 9.92. The van der Waals surface area contributed by atoms with Crippen molar-refractivity contribution in [2.45, 2.75) is 13.8 Å². The molecular weight excluding hydrogens is 216 g/mol. The molecule has 0 atom stereocenters. The molecule has 0 fully saturated rings. The molecule has 0 aliphatic carbocycles. The van der Waals surface area contributed by atoms with Gasteiger partial charge in [-0.25, -0.2) is 0 Å². The Labute approximate surface area is 102 Å². The van der Waals surface area contributed by atoms with Crippen LogP contribution in [-0.2, 0) is 4.79 Å². The van der Waals surface area contributed by atoms with Crippen LogP contribution < -0.4 is 15.0 Å². The Bertz CT molecular complexity index is 455. The molecule has 17 heavy (non-hydrogen) atoms. The normalized spacial score (nSPS) is 18.1. The average Bonchev–Trinajstić information content (AvgIpc) is 2.41. The van der Waals surface area contributed by atoms with E-state index >= 15 is 0 Å². The number of hydrogen-bond acceptors (Lipinski definition) is 3. The lowest BCUT2D eigenvalue weighted by molar-refractivity contribution is -0.125. The first-order valence-electron chi connectivity index (χ1n) is 5.66. The topological polar surface area (TPSA) is 41.6 Å². The third-order valence-electron chi connectivity index (χ3n) is 3.17. The Morgan fingerprint density at radius 2 is 2.12 bits per heavy atom. The molecule has 1 aromatic carbocycles. The zero-order valence-corrected chi connectivity index (χ0v) is 10.7. The van der Waals surface area contributed by atoms with Crippen LogP contribution in [0.1, 0.15) is 13.8 Å². The van der Waals surface area contributed by atoms with E-state index in [9.17, 15) is 4.79 Å². The second-order valence-corrected chi connectivity index (χ2v) is 4.98. The summed E-state index contributed by atoms with van der Waals surface area (Å²) < 4.78 is 5.19. The number of carbonyl (C=O) groups excluding carboxylic acids is 1. The molecule has 0 aromatic heterocycles. The molecule has 0 saturated carbocycles. The van der Waals surface area contributed by atoms with E-state index < -0.39 is 5.41 Å². The maximum Gasteiger partial charge on any atom is 0.234 e. The molecule has 1 heterocycles. The first-order chi connectivity index (χ1) is 7.95. The first kappa shape index (κ1) is 11.8. The highest BCUT2D eigenvalue weighted by Crippen LogP contribution is 2.35. The molecule has 92 valence electrons. The second kappa shape index (κ2) is 3.95. The van der Waals surface area contributed by atoms with Crippen molar-refractivity contribution >= 4 is 17.3 Å². The molecule has 0 saturated heterocycles. The first-order valence-corrected chi connectivity index (χ1v) is 5.66. The number of benzene rings is 1. The van der Waals surface area contributed by atoms with Crippen LogP contribution in [0.4, 0.5) is 11.4 Å². The number of amides is 1. The number of anilines is 2. The van der Waals surface area contributed by atoms with Gasteiger partial charge in [0.25, 0.3) is 0 Å². The van der Waals surface area contributed by atoms with E-state index in [2.05, 4.69) is 5.32 Å². The number of hydrogen-bond donors (Lipinski definition) is 1. The van der Waals surface area contributed by atoms with Crippen molar-refractivity contribution in [2.24, 2.45) is 5.41 Å². The highest BCUT2D eigenvalue weighted by atomic mass is 16.5. The monoisotopic (exact) mass is 234 g/mol. The predicted molar refractivity (Wildman–Crippen MR) is 68.7 cm³/mol. The number of nitrogens with zero attached hydrogens (tertiary/aromatic N) is 1. The highest BCUT2D eigenvalue weighted by molar-refractivity contribution is 6.01. The van der Waals surface area contributed by atoms with E-state index in [1.54, 1.807) is 19.1 Å². The van der Waals surface area contributed by atoms with Crippen LogP contribution >= 0.6 is 0 Å². The van der Waals surface area contributed by atoms with E-state index in [1.807, 2.05) is 32.0 Å². The summed E-state index contributed by atoms with van der Waals surface area (Å²) in [6.07, 6.45) is 0. The SMILES string of the molecule is COc1ccc2c(c1)N(C)C(=O)C(C)(C)CN2. The van der Waals surface area contributed by atoms with Crippen LogP contribution in [0.2, 0.25) is 0 Å². The van der Waals surface area contributed by atoms with E-state index in [4.69, 9.17) is 4.74 Å². The van der Waals surface area contributed by atoms with Crippen molar-refractivity contribution in [3.8, 4) is 5.75 Å². The lowest BCUT2D eigenvalue weighted by Gasteiger charge is -2.25. The summed E-state index contributed by atoms with van der Waals surface area (Å²) in [6.45, 7) is 4.53. The fraction of sp³-hybridized carbons (Fsp3) is 0.462. The highest BCUT2D eigenvalue weighted by Gasteiger charge is 2.34. The Morgan fingerprint density at radius 3 is 2.76 bits per heavy atom. The molecule has 2 rings (SSSR count). The van der Waals surface area contributed by atoms with Crippen molar-refractivity contribution in [1.82, 2.24) is 0 Å². The number of rotatable bonds is 1. The molecule has 4 heteroatoms. The van der Waals surface area contributed by atoms with Crippen LogP contribution in [0.15, 0.2) is 18.2 Å². The van der Waals surface area contributed by atoms with E-state index in [-0.39, 0.29) is 5.91 Å². The molecule has 1 N–H and O–H groups in total. The maximum atomic E-state index is 12.3. The van der Waals surface area contributed by atoms with Crippen LogP contribution in [-0.4, -0.2) is 26.6 Å². The van der Waals surface area contributed by atoms with Gasteiger partial charge in [0.05, 0.1) is 23.9 Å². The van der Waals surface area contributed by atoms with Crippen molar-refractivity contribution in [1.29, 1.82) is 0 Å². The predicted octanol–water partition coefficient (Wildman–Crippen LogP) is 2.11. The van der Waals surface area contributed by atoms with Gasteiger partial charge in [0.2, 0.25) is 5.91 Å². The molecule has 0 spiro atoms. The number of methoxy groups -OCH3 is 1. The largest absolute Gasteiger partial charge is 0.497 e. The zero-order chi connectivity index (χ0) is 12.6. The van der Waals surface area contributed by atoms with Gasteiger partial charge in [-0.15, -0.1) is 0 Å². The van der Waals surface area contributed by atoms with Crippen molar-refractivity contribution in [3.63, 3.8) is 0 Å². The quantitative estimate of drug-likeness (QED) is 0.809. The van der Waals surface area contributed by atoms with Gasteiger partial charge in [0.15, 0.2) is 0 Å². The smallest absolute Gasteiger partial charge is 0.234 e. The van der Waals surface area contributed by atoms with Gasteiger partial charge < -0.3 is 15.0 Å². The summed E-state index contributed by atoms with van der Waals surface area (Å²) in [6, 6.07) is 5.71. The standard InChI is InChI=1S/C13H18N2O2/c1-13(2)8-14-10-6-5-9(17-4)7-11(10)15(3)12(13)16/h5-7,14H,8H2,1-4H3. The number of fused-ring (bicyclic) bond motifs is 1. The summed E-state index contributed by atoms with van der Waals surface area (Å²) in [7, 11) is 3.42. The Hall–Kier alpha value is -1.71. The van der Waals surface area contributed by atoms with E-state index in [0.29, 0.717) is 6.54 Å². The van der Waals surface area contributed by atoms with Gasteiger partial charge in [-0.3, -0.25) is 4.79 Å². The van der Waals surface area contributed by atoms with E-state index in [0.717, 1.165) is 17.1 Å². The van der Waals surface area contributed by atoms with Gasteiger partial charge >= 0.3 is 0 Å². The summed E-state index contributed by atoms with van der Waals surface area (Å²) in [5, 5.41) is 3.31. The summed E-state index contributed by atoms with van der Waals surface area (Å²) >= 11 is 0. The average molecular weight is 234 g/mol. The molecule has 1 aliphatic rings. The van der Waals surface area contributed by atoms with Crippen LogP contribution in [0.3, 0.4) is 0 Å². The molecule has 1 aliphatic heterocycles. The zero-order valence-electron chi connectivity index (χ0n) is 10.7. The lowest BCUT2D eigenvalue weighted by Crippen LogP contribution is -2.40. The summed E-state index contributed by atoms with van der Waals surface area (Å²) in [5.41, 5.74) is 1.42. The Kier molecular flexibility index (Phi) is 2.73. The number of ether oxygens (including phenoxy) is 1. The Morgan fingerprint density at radius 1 is 1.41 bits per heavy atom. The van der Waals surface area contributed by atoms with Gasteiger partial charge in [-0.1, -0.05) is 0 Å². The van der Waals surface area contributed by atoms with Gasteiger partial charge in [-0.2, -0.15) is 0 Å². The third kappa shape index (κ3) is 1.95. The van der Waals surface area contributed by atoms with Gasteiger partial charge in [0, 0.05) is 19.7 Å². The minimum atomic E-state index is -0.402. The van der Waals surface area contributed by atoms with E-state index in [1.165, 1.54) is 0 Å². The van der Waals surface area contributed by atoms with Crippen LogP contribution in [0, 0.1) is 5.41 Å². The number of carbonyl (C=O) groups is 1. The van der Waals surface area contributed by atoms with Gasteiger partial charge in [0.1, 0.15) is 5.75 Å². The fourth-order valence-corrected chi connectivity index (χ4v) is 2.02. The molecule has 0 radical (unpaired) electrons. The molecule has 1 aromatic rings. The third-order valence-corrected chi connectivity index (χ3v) is 3.17. The molecule has 0 unspecified atom stereocenters. The Balaban J connectivity index is 2.48. The molecule has 0 bridgehead atoms. The van der Waals surface area contributed by atoms with Crippen LogP contribution in [0.5, 0.6) is 5.75 Å². The maximum absolute atomic E-state index is 12.3. The summed E-state index contributed by atoms with van der Waals surface area (Å²) in [4.78, 5) is 14.0.